The molecule has 0 bridgehead atoms. The second-order valence-corrected chi connectivity index (χ2v) is 5.99. The monoisotopic (exact) mass is 285 g/mol. The third-order valence-corrected chi connectivity index (χ3v) is 4.44. The molecule has 1 aliphatic carbocycles. The Bertz CT molecular complexity index is 636. The summed E-state index contributed by atoms with van der Waals surface area (Å²) < 4.78 is 5.88. The lowest BCUT2D eigenvalue weighted by Gasteiger charge is -2.38. The van der Waals surface area contributed by atoms with Gasteiger partial charge in [0.05, 0.1) is 17.8 Å². The van der Waals surface area contributed by atoms with Crippen molar-refractivity contribution in [3.63, 3.8) is 0 Å². The fourth-order valence-electron chi connectivity index (χ4n) is 3.18. The van der Waals surface area contributed by atoms with E-state index in [4.69, 9.17) is 4.74 Å². The number of nitrogens with zero attached hydrogens (tertiary/aromatic N) is 4. The van der Waals surface area contributed by atoms with Crippen LogP contribution in [0.25, 0.3) is 11.4 Å². The van der Waals surface area contributed by atoms with Crippen LogP contribution in [0.1, 0.15) is 24.8 Å². The first-order chi connectivity index (χ1) is 10.3. The maximum absolute atomic E-state index is 5.88. The Kier molecular flexibility index (Phi) is 3.02. The maximum atomic E-state index is 5.88. The fourth-order valence-corrected chi connectivity index (χ4v) is 3.18. The van der Waals surface area contributed by atoms with Gasteiger partial charge in [-0.25, -0.2) is 0 Å². The van der Waals surface area contributed by atoms with Crippen molar-refractivity contribution in [2.45, 2.75) is 26.2 Å². The van der Waals surface area contributed by atoms with Crippen molar-refractivity contribution >= 4 is 5.69 Å². The number of aromatic amines is 1. The summed E-state index contributed by atoms with van der Waals surface area (Å²) in [5.74, 6) is 2.40. The van der Waals surface area contributed by atoms with E-state index in [0.29, 0.717) is 5.82 Å². The van der Waals surface area contributed by atoms with Gasteiger partial charge in [0.15, 0.2) is 0 Å². The molecule has 1 aromatic heterocycles. The molecule has 0 amide bonds. The van der Waals surface area contributed by atoms with Crippen LogP contribution in [-0.4, -0.2) is 40.3 Å². The highest BCUT2D eigenvalue weighted by Gasteiger charge is 2.28. The summed E-state index contributed by atoms with van der Waals surface area (Å²) in [5, 5.41) is 14.5. The van der Waals surface area contributed by atoms with Crippen LogP contribution in [0.5, 0.6) is 5.75 Å². The number of benzene rings is 1. The summed E-state index contributed by atoms with van der Waals surface area (Å²) in [5.41, 5.74) is 3.29. The van der Waals surface area contributed by atoms with Gasteiger partial charge in [-0.05, 0) is 48.6 Å². The average molecular weight is 285 g/mol. The van der Waals surface area contributed by atoms with Crippen LogP contribution < -0.4 is 9.64 Å². The quantitative estimate of drug-likeness (QED) is 0.936. The third kappa shape index (κ3) is 2.24. The average Bonchev–Trinajstić information content (AvgIpc) is 2.95. The molecule has 0 radical (unpaired) electrons. The van der Waals surface area contributed by atoms with Gasteiger partial charge in [0.25, 0.3) is 0 Å². The summed E-state index contributed by atoms with van der Waals surface area (Å²) in [6, 6.07) is 4.22. The number of fused-ring (bicyclic) bond motifs is 1. The van der Waals surface area contributed by atoms with Crippen LogP contribution in [0, 0.1) is 12.8 Å². The molecule has 110 valence electrons. The molecule has 2 heterocycles. The number of anilines is 1. The Morgan fingerprint density at radius 1 is 1.38 bits per heavy atom. The molecular weight excluding hydrogens is 266 g/mol. The van der Waals surface area contributed by atoms with Crippen LogP contribution in [0.15, 0.2) is 12.1 Å². The van der Waals surface area contributed by atoms with Gasteiger partial charge in [0.1, 0.15) is 12.4 Å². The molecule has 0 unspecified atom stereocenters. The molecule has 4 rings (SSSR count). The molecule has 1 aromatic carbocycles. The molecule has 2 aliphatic rings. The summed E-state index contributed by atoms with van der Waals surface area (Å²) >= 11 is 0. The van der Waals surface area contributed by atoms with E-state index in [9.17, 15) is 0 Å². The molecule has 0 atom stereocenters. The zero-order valence-corrected chi connectivity index (χ0v) is 12.2. The topological polar surface area (TPSA) is 66.9 Å². The normalized spacial score (nSPS) is 18.0. The van der Waals surface area contributed by atoms with Crippen LogP contribution in [0.2, 0.25) is 0 Å². The summed E-state index contributed by atoms with van der Waals surface area (Å²) in [4.78, 5) is 2.44. The fraction of sp³-hybridized carbons (Fsp3) is 0.533. The van der Waals surface area contributed by atoms with Gasteiger partial charge in [-0.3, -0.25) is 0 Å². The second-order valence-electron chi connectivity index (χ2n) is 5.99. The lowest BCUT2D eigenvalue weighted by Crippen LogP contribution is -2.38. The van der Waals surface area contributed by atoms with Crippen LogP contribution in [0.4, 0.5) is 5.69 Å². The Labute approximate surface area is 123 Å². The van der Waals surface area contributed by atoms with Crippen molar-refractivity contribution in [3.05, 3.63) is 17.7 Å². The van der Waals surface area contributed by atoms with Gasteiger partial charge >= 0.3 is 0 Å². The molecule has 1 N–H and O–H groups in total. The van der Waals surface area contributed by atoms with Gasteiger partial charge in [-0.1, -0.05) is 6.42 Å². The Hall–Kier alpha value is -2.11. The van der Waals surface area contributed by atoms with E-state index in [-0.39, 0.29) is 0 Å². The lowest BCUT2D eigenvalue weighted by atomic mass is 9.85. The Morgan fingerprint density at radius 2 is 2.29 bits per heavy atom. The number of ether oxygens (including phenoxy) is 1. The number of tetrazole rings is 1. The third-order valence-electron chi connectivity index (χ3n) is 4.44. The van der Waals surface area contributed by atoms with Crippen molar-refractivity contribution in [1.29, 1.82) is 0 Å². The molecular formula is C15H19N5O. The van der Waals surface area contributed by atoms with Gasteiger partial charge in [-0.15, -0.1) is 10.2 Å². The van der Waals surface area contributed by atoms with E-state index in [2.05, 4.69) is 44.6 Å². The van der Waals surface area contributed by atoms with Crippen LogP contribution >= 0.6 is 0 Å². The van der Waals surface area contributed by atoms with Crippen molar-refractivity contribution in [2.24, 2.45) is 5.92 Å². The first-order valence-electron chi connectivity index (χ1n) is 7.57. The number of H-pyrrole nitrogens is 1. The summed E-state index contributed by atoms with van der Waals surface area (Å²) in [6.45, 7) is 4.84. The predicted octanol–water partition coefficient (Wildman–Crippen LogP) is 2.17. The minimum atomic E-state index is 0.638. The van der Waals surface area contributed by atoms with Crippen molar-refractivity contribution < 1.29 is 4.74 Å². The SMILES string of the molecule is Cc1cc2c(c(-c3nn[nH]n3)c1)N(CC1CCC1)CCO2. The Balaban J connectivity index is 1.78. The maximum Gasteiger partial charge on any atom is 0.206 e. The van der Waals surface area contributed by atoms with Crippen LogP contribution in [0.3, 0.4) is 0 Å². The molecule has 0 saturated heterocycles. The number of hydrogen-bond acceptors (Lipinski definition) is 5. The van der Waals surface area contributed by atoms with Gasteiger partial charge in [0.2, 0.25) is 5.82 Å². The predicted molar refractivity (Wildman–Crippen MR) is 79.4 cm³/mol. The summed E-state index contributed by atoms with van der Waals surface area (Å²) in [6.07, 6.45) is 4.06. The smallest absolute Gasteiger partial charge is 0.206 e. The minimum absolute atomic E-state index is 0.638. The van der Waals surface area contributed by atoms with E-state index in [1.165, 1.54) is 19.3 Å². The highest BCUT2D eigenvalue weighted by molar-refractivity contribution is 5.81. The van der Waals surface area contributed by atoms with Gasteiger partial charge in [0, 0.05) is 6.54 Å². The Morgan fingerprint density at radius 3 is 3.00 bits per heavy atom. The molecule has 6 nitrogen and oxygen atoms in total. The van der Waals surface area contributed by atoms with E-state index in [0.717, 1.165) is 48.2 Å². The lowest BCUT2D eigenvalue weighted by molar-refractivity contribution is 0.279. The van der Waals surface area contributed by atoms with E-state index in [1.807, 2.05) is 0 Å². The number of rotatable bonds is 3. The minimum Gasteiger partial charge on any atom is -0.490 e. The molecule has 1 aliphatic heterocycles. The molecule has 21 heavy (non-hydrogen) atoms. The number of aromatic nitrogens is 4. The largest absolute Gasteiger partial charge is 0.490 e. The first kappa shape index (κ1) is 12.6. The highest BCUT2D eigenvalue weighted by Crippen LogP contribution is 2.42. The molecule has 6 heteroatoms. The number of aryl methyl sites for hydroxylation is 1. The molecule has 1 fully saturated rings. The number of nitrogens with one attached hydrogen (secondary N) is 1. The molecule has 2 aromatic rings. The first-order valence-corrected chi connectivity index (χ1v) is 7.57. The van der Waals surface area contributed by atoms with E-state index in [1.54, 1.807) is 0 Å². The second kappa shape index (κ2) is 5.02. The van der Waals surface area contributed by atoms with Crippen molar-refractivity contribution in [2.75, 3.05) is 24.6 Å². The van der Waals surface area contributed by atoms with Crippen LogP contribution in [-0.2, 0) is 0 Å². The highest BCUT2D eigenvalue weighted by atomic mass is 16.5. The van der Waals surface area contributed by atoms with Gasteiger partial charge in [-0.2, -0.15) is 5.21 Å². The molecule has 1 saturated carbocycles. The zero-order chi connectivity index (χ0) is 14.2. The van der Waals surface area contributed by atoms with E-state index < -0.39 is 0 Å². The number of hydrogen-bond donors (Lipinski definition) is 1. The van der Waals surface area contributed by atoms with Crippen molar-refractivity contribution in [3.8, 4) is 17.1 Å². The molecule has 0 spiro atoms. The van der Waals surface area contributed by atoms with Gasteiger partial charge < -0.3 is 9.64 Å². The van der Waals surface area contributed by atoms with Crippen molar-refractivity contribution in [1.82, 2.24) is 20.6 Å². The summed E-state index contributed by atoms with van der Waals surface area (Å²) in [7, 11) is 0. The zero-order valence-electron chi connectivity index (χ0n) is 12.2. The van der Waals surface area contributed by atoms with E-state index >= 15 is 0 Å². The standard InChI is InChI=1S/C15H19N5O/c1-10-7-12(15-16-18-19-17-15)14-13(8-10)21-6-5-20(14)9-11-3-2-4-11/h7-8,11H,2-6,9H2,1H3,(H,16,17,18,19).